The van der Waals surface area contributed by atoms with Crippen molar-refractivity contribution in [2.45, 2.75) is 24.7 Å². The Morgan fingerprint density at radius 1 is 1.07 bits per heavy atom. The smallest absolute Gasteiger partial charge is 0.255 e. The van der Waals surface area contributed by atoms with Crippen molar-refractivity contribution >= 4 is 32.5 Å². The van der Waals surface area contributed by atoms with Crippen molar-refractivity contribution in [1.82, 2.24) is 9.29 Å². The summed E-state index contributed by atoms with van der Waals surface area (Å²) in [6.07, 6.45) is 3.36. The zero-order valence-electron chi connectivity index (χ0n) is 16.2. The van der Waals surface area contributed by atoms with Crippen LogP contribution in [0.5, 0.6) is 0 Å². The molecule has 1 amide bonds. The van der Waals surface area contributed by atoms with Gasteiger partial charge in [-0.15, -0.1) is 0 Å². The van der Waals surface area contributed by atoms with Crippen LogP contribution in [0.3, 0.4) is 0 Å². The maximum absolute atomic E-state index is 12.8. The molecule has 0 spiro atoms. The van der Waals surface area contributed by atoms with Crippen LogP contribution >= 0.6 is 0 Å². The molecule has 1 aliphatic heterocycles. The number of anilines is 1. The lowest BCUT2D eigenvalue weighted by Gasteiger charge is -2.29. The number of para-hydroxylation sites is 1. The predicted molar refractivity (Wildman–Crippen MR) is 113 cm³/mol. The van der Waals surface area contributed by atoms with E-state index in [1.54, 1.807) is 18.3 Å². The normalized spacial score (nSPS) is 16.0. The van der Waals surface area contributed by atoms with Crippen LogP contribution in [0.15, 0.2) is 65.7 Å². The van der Waals surface area contributed by atoms with Gasteiger partial charge in [0, 0.05) is 24.0 Å². The lowest BCUT2D eigenvalue weighted by atomic mass is 10.0. The molecule has 0 radical (unpaired) electrons. The van der Waals surface area contributed by atoms with E-state index in [1.165, 1.54) is 16.4 Å². The first kappa shape index (κ1) is 19.5. The van der Waals surface area contributed by atoms with E-state index in [2.05, 4.69) is 17.2 Å². The first-order valence-electron chi connectivity index (χ1n) is 9.70. The number of fused-ring (bicyclic) bond motifs is 1. The summed E-state index contributed by atoms with van der Waals surface area (Å²) < 4.78 is 27.1. The van der Waals surface area contributed by atoms with Crippen molar-refractivity contribution in [3.63, 3.8) is 0 Å². The molecule has 29 heavy (non-hydrogen) atoms. The van der Waals surface area contributed by atoms with E-state index in [9.17, 15) is 13.2 Å². The summed E-state index contributed by atoms with van der Waals surface area (Å²) in [6.45, 7) is 3.23. The van der Waals surface area contributed by atoms with Crippen LogP contribution in [-0.4, -0.2) is 36.7 Å². The maximum Gasteiger partial charge on any atom is 0.255 e. The van der Waals surface area contributed by atoms with Crippen molar-refractivity contribution in [1.29, 1.82) is 0 Å². The number of nitrogens with zero attached hydrogens (tertiary/aromatic N) is 2. The molecule has 1 N–H and O–H groups in total. The fraction of sp³-hybridized carbons (Fsp3) is 0.273. The number of benzene rings is 2. The summed E-state index contributed by atoms with van der Waals surface area (Å²) in [5, 5.41) is 3.75. The number of rotatable bonds is 4. The summed E-state index contributed by atoms with van der Waals surface area (Å²) >= 11 is 0. The molecule has 150 valence electrons. The molecule has 1 aliphatic rings. The highest BCUT2D eigenvalue weighted by Crippen LogP contribution is 2.24. The van der Waals surface area contributed by atoms with Crippen LogP contribution in [0.1, 0.15) is 30.1 Å². The highest BCUT2D eigenvalue weighted by atomic mass is 32.2. The van der Waals surface area contributed by atoms with E-state index in [0.29, 0.717) is 30.3 Å². The molecule has 2 aromatic carbocycles. The summed E-state index contributed by atoms with van der Waals surface area (Å²) in [7, 11) is -3.52. The molecule has 0 bridgehead atoms. The number of carbonyl (C=O) groups excluding carboxylic acids is 1. The Morgan fingerprint density at radius 2 is 1.76 bits per heavy atom. The molecule has 1 fully saturated rings. The van der Waals surface area contributed by atoms with E-state index >= 15 is 0 Å². The molecule has 1 aromatic heterocycles. The molecule has 6 nitrogen and oxygen atoms in total. The van der Waals surface area contributed by atoms with Crippen LogP contribution < -0.4 is 5.32 Å². The van der Waals surface area contributed by atoms with Gasteiger partial charge in [0.2, 0.25) is 10.0 Å². The molecule has 2 heterocycles. The third-order valence-electron chi connectivity index (χ3n) is 5.35. The lowest BCUT2D eigenvalue weighted by molar-refractivity contribution is 0.102. The average molecular weight is 410 g/mol. The third kappa shape index (κ3) is 4.16. The number of amides is 1. The number of carbonyl (C=O) groups is 1. The third-order valence-corrected chi connectivity index (χ3v) is 7.26. The number of nitrogens with one attached hydrogen (secondary N) is 1. The van der Waals surface area contributed by atoms with Gasteiger partial charge < -0.3 is 5.32 Å². The van der Waals surface area contributed by atoms with Gasteiger partial charge in [-0.1, -0.05) is 25.1 Å². The second-order valence-electron chi connectivity index (χ2n) is 7.48. The molecule has 3 aromatic rings. The highest BCUT2D eigenvalue weighted by molar-refractivity contribution is 7.89. The molecule has 4 rings (SSSR count). The second-order valence-corrected chi connectivity index (χ2v) is 9.42. The quantitative estimate of drug-likeness (QED) is 0.709. The Kier molecular flexibility index (Phi) is 5.34. The van der Waals surface area contributed by atoms with Crippen molar-refractivity contribution in [3.8, 4) is 0 Å². The number of hydrogen-bond acceptors (Lipinski definition) is 4. The molecule has 1 saturated heterocycles. The van der Waals surface area contributed by atoms with E-state index in [4.69, 9.17) is 0 Å². The number of piperidine rings is 1. The topological polar surface area (TPSA) is 79.4 Å². The Labute approximate surface area is 170 Å². The SMILES string of the molecule is CC1CCN(S(=O)(=O)c2ccc(C(=O)Nc3cnc4ccccc4c3)cc2)CC1. The molecule has 0 unspecified atom stereocenters. The minimum atomic E-state index is -3.52. The van der Waals surface area contributed by atoms with E-state index in [0.717, 1.165) is 23.7 Å². The van der Waals surface area contributed by atoms with Gasteiger partial charge in [0.1, 0.15) is 0 Å². The molecule has 0 atom stereocenters. The van der Waals surface area contributed by atoms with Crippen molar-refractivity contribution in [3.05, 3.63) is 66.4 Å². The fourth-order valence-corrected chi connectivity index (χ4v) is 4.96. The standard InChI is InChI=1S/C22H23N3O3S/c1-16-10-12-25(13-11-16)29(27,28)20-8-6-17(7-9-20)22(26)24-19-14-18-4-2-3-5-21(18)23-15-19/h2-9,14-16H,10-13H2,1H3,(H,24,26). The predicted octanol–water partition coefficient (Wildman–Crippen LogP) is 3.91. The Balaban J connectivity index is 1.48. The van der Waals surface area contributed by atoms with Crippen LogP contribution in [-0.2, 0) is 10.0 Å². The molecule has 7 heteroatoms. The Morgan fingerprint density at radius 3 is 2.48 bits per heavy atom. The van der Waals surface area contributed by atoms with Gasteiger partial charge in [0.25, 0.3) is 5.91 Å². The van der Waals surface area contributed by atoms with Crippen molar-refractivity contribution in [2.24, 2.45) is 5.92 Å². The summed E-state index contributed by atoms with van der Waals surface area (Å²) in [4.78, 5) is 17.1. The molecule has 0 saturated carbocycles. The summed E-state index contributed by atoms with van der Waals surface area (Å²) in [5.74, 6) is 0.245. The van der Waals surface area contributed by atoms with E-state index in [1.807, 2.05) is 30.3 Å². The molecule has 0 aliphatic carbocycles. The van der Waals surface area contributed by atoms with Gasteiger partial charge >= 0.3 is 0 Å². The van der Waals surface area contributed by atoms with Gasteiger partial charge in [-0.25, -0.2) is 8.42 Å². The van der Waals surface area contributed by atoms with Gasteiger partial charge in [0.15, 0.2) is 0 Å². The average Bonchev–Trinajstić information content (AvgIpc) is 2.74. The Bertz CT molecular complexity index is 1140. The van der Waals surface area contributed by atoms with Crippen LogP contribution in [0, 0.1) is 5.92 Å². The van der Waals surface area contributed by atoms with E-state index < -0.39 is 10.0 Å². The number of aromatic nitrogens is 1. The summed E-state index contributed by atoms with van der Waals surface area (Å²) in [5.41, 5.74) is 1.84. The number of pyridine rings is 1. The van der Waals surface area contributed by atoms with E-state index in [-0.39, 0.29) is 10.8 Å². The minimum Gasteiger partial charge on any atom is -0.321 e. The Hall–Kier alpha value is -2.77. The van der Waals surface area contributed by atoms with Crippen LogP contribution in [0.2, 0.25) is 0 Å². The maximum atomic E-state index is 12.8. The van der Waals surface area contributed by atoms with Gasteiger partial charge in [-0.05, 0) is 55.2 Å². The fourth-order valence-electron chi connectivity index (χ4n) is 3.50. The largest absolute Gasteiger partial charge is 0.321 e. The lowest BCUT2D eigenvalue weighted by Crippen LogP contribution is -2.37. The van der Waals surface area contributed by atoms with Crippen molar-refractivity contribution in [2.75, 3.05) is 18.4 Å². The minimum absolute atomic E-state index is 0.218. The zero-order chi connectivity index (χ0) is 20.4. The number of hydrogen-bond donors (Lipinski definition) is 1. The summed E-state index contributed by atoms with van der Waals surface area (Å²) in [6, 6.07) is 15.6. The van der Waals surface area contributed by atoms with Crippen LogP contribution in [0.25, 0.3) is 10.9 Å². The zero-order valence-corrected chi connectivity index (χ0v) is 17.0. The van der Waals surface area contributed by atoms with Gasteiger partial charge in [0.05, 0.1) is 22.3 Å². The van der Waals surface area contributed by atoms with Gasteiger partial charge in [-0.2, -0.15) is 4.31 Å². The van der Waals surface area contributed by atoms with Gasteiger partial charge in [-0.3, -0.25) is 9.78 Å². The first-order valence-corrected chi connectivity index (χ1v) is 11.1. The monoisotopic (exact) mass is 409 g/mol. The molecular formula is C22H23N3O3S. The first-order chi connectivity index (χ1) is 13.9. The molecular weight excluding hydrogens is 386 g/mol. The highest BCUT2D eigenvalue weighted by Gasteiger charge is 2.28. The van der Waals surface area contributed by atoms with Crippen molar-refractivity contribution < 1.29 is 13.2 Å². The second kappa shape index (κ2) is 7.93. The number of sulfonamides is 1. The van der Waals surface area contributed by atoms with Crippen LogP contribution in [0.4, 0.5) is 5.69 Å².